The fourth-order valence-corrected chi connectivity index (χ4v) is 2.74. The van der Waals surface area contributed by atoms with Crippen LogP contribution in [-0.2, 0) is 4.74 Å². The van der Waals surface area contributed by atoms with Crippen molar-refractivity contribution in [3.63, 3.8) is 0 Å². The zero-order valence-electron chi connectivity index (χ0n) is 11.8. The Kier molecular flexibility index (Phi) is 5.99. The molecule has 3 atom stereocenters. The van der Waals surface area contributed by atoms with Crippen LogP contribution in [0.3, 0.4) is 0 Å². The van der Waals surface area contributed by atoms with Crippen molar-refractivity contribution in [1.29, 1.82) is 0 Å². The Labute approximate surface area is 129 Å². The van der Waals surface area contributed by atoms with Crippen molar-refractivity contribution in [2.75, 3.05) is 26.3 Å². The van der Waals surface area contributed by atoms with Crippen molar-refractivity contribution < 1.29 is 9.84 Å². The molecule has 2 rings (SSSR count). The SMILES string of the molecule is CC1COC(CO)CN1CCC(N)c1ccc(Br)cc1. The standard InChI is InChI=1S/C15H23BrN2O2/c1-11-10-20-14(9-19)8-18(11)7-6-15(17)12-2-4-13(16)5-3-12/h2-5,11,14-15,19H,6-10,17H2,1H3. The number of benzene rings is 1. The van der Waals surface area contributed by atoms with E-state index >= 15 is 0 Å². The summed E-state index contributed by atoms with van der Waals surface area (Å²) in [6, 6.07) is 8.60. The maximum atomic E-state index is 9.20. The van der Waals surface area contributed by atoms with Crippen LogP contribution in [-0.4, -0.2) is 48.5 Å². The molecule has 3 N–H and O–H groups in total. The van der Waals surface area contributed by atoms with Gasteiger partial charge in [0.15, 0.2) is 0 Å². The van der Waals surface area contributed by atoms with Gasteiger partial charge in [0.2, 0.25) is 0 Å². The van der Waals surface area contributed by atoms with E-state index in [-0.39, 0.29) is 18.8 Å². The van der Waals surface area contributed by atoms with Gasteiger partial charge in [-0.25, -0.2) is 0 Å². The summed E-state index contributed by atoms with van der Waals surface area (Å²) in [5.41, 5.74) is 7.41. The highest BCUT2D eigenvalue weighted by Crippen LogP contribution is 2.19. The van der Waals surface area contributed by atoms with Gasteiger partial charge in [-0.3, -0.25) is 4.90 Å². The van der Waals surface area contributed by atoms with Gasteiger partial charge in [0.25, 0.3) is 0 Å². The fourth-order valence-electron chi connectivity index (χ4n) is 2.48. The number of nitrogens with two attached hydrogens (primary N) is 1. The van der Waals surface area contributed by atoms with Gasteiger partial charge in [-0.15, -0.1) is 0 Å². The molecule has 0 saturated carbocycles. The number of morpholine rings is 1. The van der Waals surface area contributed by atoms with Crippen molar-refractivity contribution in [3.8, 4) is 0 Å². The number of aliphatic hydroxyl groups is 1. The van der Waals surface area contributed by atoms with Gasteiger partial charge in [0.05, 0.1) is 19.3 Å². The summed E-state index contributed by atoms with van der Waals surface area (Å²) < 4.78 is 6.62. The predicted molar refractivity (Wildman–Crippen MR) is 83.5 cm³/mol. The molecule has 0 amide bonds. The Bertz CT molecular complexity index is 413. The molecule has 20 heavy (non-hydrogen) atoms. The maximum absolute atomic E-state index is 9.20. The molecule has 1 aromatic carbocycles. The lowest BCUT2D eigenvalue weighted by molar-refractivity contribution is -0.0782. The Morgan fingerprint density at radius 2 is 2.15 bits per heavy atom. The van der Waals surface area contributed by atoms with Crippen LogP contribution in [0.4, 0.5) is 0 Å². The first kappa shape index (κ1) is 15.9. The van der Waals surface area contributed by atoms with E-state index in [1.807, 2.05) is 12.1 Å². The molecule has 1 aliphatic heterocycles. The number of hydrogen-bond donors (Lipinski definition) is 2. The molecule has 1 fully saturated rings. The van der Waals surface area contributed by atoms with E-state index in [2.05, 4.69) is 39.9 Å². The van der Waals surface area contributed by atoms with Gasteiger partial charge in [0.1, 0.15) is 0 Å². The summed E-state index contributed by atoms with van der Waals surface area (Å²) in [6.07, 6.45) is 0.847. The second-order valence-electron chi connectivity index (χ2n) is 5.43. The zero-order valence-corrected chi connectivity index (χ0v) is 13.4. The number of aliphatic hydroxyl groups excluding tert-OH is 1. The number of ether oxygens (including phenoxy) is 1. The van der Waals surface area contributed by atoms with Gasteiger partial charge in [-0.1, -0.05) is 28.1 Å². The lowest BCUT2D eigenvalue weighted by Gasteiger charge is -2.37. The van der Waals surface area contributed by atoms with Crippen LogP contribution in [0.15, 0.2) is 28.7 Å². The second-order valence-corrected chi connectivity index (χ2v) is 6.34. The first-order valence-electron chi connectivity index (χ1n) is 7.07. The van der Waals surface area contributed by atoms with E-state index in [0.29, 0.717) is 12.6 Å². The minimum Gasteiger partial charge on any atom is -0.394 e. The second kappa shape index (κ2) is 7.52. The zero-order chi connectivity index (χ0) is 14.5. The van der Waals surface area contributed by atoms with Crippen LogP contribution in [0, 0.1) is 0 Å². The highest BCUT2D eigenvalue weighted by molar-refractivity contribution is 9.10. The van der Waals surface area contributed by atoms with Gasteiger partial charge in [-0.05, 0) is 31.0 Å². The Morgan fingerprint density at radius 3 is 2.80 bits per heavy atom. The summed E-state index contributed by atoms with van der Waals surface area (Å²) in [5, 5.41) is 9.20. The van der Waals surface area contributed by atoms with Crippen LogP contribution in [0.25, 0.3) is 0 Å². The average molecular weight is 343 g/mol. The molecule has 5 heteroatoms. The average Bonchev–Trinajstić information content (AvgIpc) is 2.47. The number of nitrogens with zero attached hydrogens (tertiary/aromatic N) is 1. The predicted octanol–water partition coefficient (Wildman–Crippen LogP) is 1.92. The molecule has 0 bridgehead atoms. The summed E-state index contributed by atoms with van der Waals surface area (Å²) in [4.78, 5) is 2.35. The quantitative estimate of drug-likeness (QED) is 0.858. The van der Waals surface area contributed by atoms with E-state index < -0.39 is 0 Å². The van der Waals surface area contributed by atoms with Crippen LogP contribution < -0.4 is 5.73 Å². The molecular formula is C15H23BrN2O2. The fraction of sp³-hybridized carbons (Fsp3) is 0.600. The molecule has 4 nitrogen and oxygen atoms in total. The van der Waals surface area contributed by atoms with E-state index in [4.69, 9.17) is 10.5 Å². The summed E-state index contributed by atoms with van der Waals surface area (Å²) in [7, 11) is 0. The van der Waals surface area contributed by atoms with Crippen LogP contribution in [0.1, 0.15) is 24.9 Å². The van der Waals surface area contributed by atoms with Gasteiger partial charge in [-0.2, -0.15) is 0 Å². The van der Waals surface area contributed by atoms with E-state index in [9.17, 15) is 5.11 Å². The highest BCUT2D eigenvalue weighted by atomic mass is 79.9. The Hall–Kier alpha value is -0.460. The third kappa shape index (κ3) is 4.27. The molecule has 0 spiro atoms. The Morgan fingerprint density at radius 1 is 1.45 bits per heavy atom. The Balaban J connectivity index is 1.85. The first-order valence-corrected chi connectivity index (χ1v) is 7.87. The third-order valence-corrected chi connectivity index (χ3v) is 4.39. The molecule has 112 valence electrons. The number of hydrogen-bond acceptors (Lipinski definition) is 4. The smallest absolute Gasteiger partial charge is 0.0933 e. The molecule has 3 unspecified atom stereocenters. The van der Waals surface area contributed by atoms with Gasteiger partial charge in [0, 0.05) is 29.6 Å². The minimum atomic E-state index is -0.0601. The molecule has 0 aromatic heterocycles. The molecule has 1 heterocycles. The van der Waals surface area contributed by atoms with Gasteiger partial charge < -0.3 is 15.6 Å². The van der Waals surface area contributed by atoms with E-state index in [1.165, 1.54) is 0 Å². The van der Waals surface area contributed by atoms with Crippen LogP contribution in [0.2, 0.25) is 0 Å². The molecular weight excluding hydrogens is 320 g/mol. The normalized spacial score (nSPS) is 25.6. The van der Waals surface area contributed by atoms with Crippen LogP contribution >= 0.6 is 15.9 Å². The lowest BCUT2D eigenvalue weighted by Crippen LogP contribution is -2.50. The van der Waals surface area contributed by atoms with Gasteiger partial charge >= 0.3 is 0 Å². The third-order valence-electron chi connectivity index (χ3n) is 3.86. The molecule has 0 aliphatic carbocycles. The van der Waals surface area contributed by atoms with Crippen molar-refractivity contribution in [3.05, 3.63) is 34.3 Å². The van der Waals surface area contributed by atoms with Crippen molar-refractivity contribution in [2.24, 2.45) is 5.73 Å². The van der Waals surface area contributed by atoms with Crippen LogP contribution in [0.5, 0.6) is 0 Å². The summed E-state index contributed by atoms with van der Waals surface area (Å²) in [5.74, 6) is 0. The first-order chi connectivity index (χ1) is 9.60. The molecule has 1 aromatic rings. The monoisotopic (exact) mass is 342 g/mol. The number of rotatable bonds is 5. The van der Waals surface area contributed by atoms with Crippen molar-refractivity contribution in [2.45, 2.75) is 31.5 Å². The summed E-state index contributed by atoms with van der Waals surface area (Å²) >= 11 is 3.43. The molecule has 0 radical (unpaired) electrons. The largest absolute Gasteiger partial charge is 0.394 e. The van der Waals surface area contributed by atoms with E-state index in [0.717, 1.165) is 29.5 Å². The minimum absolute atomic E-state index is 0.0470. The van der Waals surface area contributed by atoms with Crippen molar-refractivity contribution in [1.82, 2.24) is 4.90 Å². The molecule has 1 aliphatic rings. The maximum Gasteiger partial charge on any atom is 0.0933 e. The number of halogens is 1. The molecule has 1 saturated heterocycles. The summed E-state index contributed by atoms with van der Waals surface area (Å²) in [6.45, 7) is 4.63. The highest BCUT2D eigenvalue weighted by Gasteiger charge is 2.25. The lowest BCUT2D eigenvalue weighted by atomic mass is 10.0. The van der Waals surface area contributed by atoms with Crippen molar-refractivity contribution >= 4 is 15.9 Å². The topological polar surface area (TPSA) is 58.7 Å². The van der Waals surface area contributed by atoms with E-state index in [1.54, 1.807) is 0 Å².